The highest BCUT2D eigenvalue weighted by Gasteiger charge is 2.39. The van der Waals surface area contributed by atoms with Crippen molar-refractivity contribution in [3.05, 3.63) is 77.5 Å². The van der Waals surface area contributed by atoms with Gasteiger partial charge in [-0.1, -0.05) is 36.9 Å². The van der Waals surface area contributed by atoms with Crippen LogP contribution in [0, 0.1) is 0 Å². The van der Waals surface area contributed by atoms with Crippen molar-refractivity contribution >= 4 is 28.2 Å². The number of carbonyl (C=O) groups excluding carboxylic acids is 1. The Bertz CT molecular complexity index is 1260. The van der Waals surface area contributed by atoms with Crippen LogP contribution in [0.4, 0.5) is 18.9 Å². The van der Waals surface area contributed by atoms with Crippen LogP contribution in [0.2, 0.25) is 0 Å². The van der Waals surface area contributed by atoms with Gasteiger partial charge in [0.15, 0.2) is 0 Å². The molecule has 1 aliphatic rings. The van der Waals surface area contributed by atoms with Crippen LogP contribution in [0.3, 0.4) is 0 Å². The van der Waals surface area contributed by atoms with Crippen LogP contribution >= 0.6 is 0 Å². The first-order chi connectivity index (χ1) is 15.4. The second-order valence-electron chi connectivity index (χ2n) is 8.77. The number of para-hydroxylation sites is 1. The maximum Gasteiger partial charge on any atom is 0.418 e. The second kappa shape index (κ2) is 7.88. The van der Waals surface area contributed by atoms with Gasteiger partial charge >= 0.3 is 6.18 Å². The molecular weight excluding hydrogens is 431 g/mol. The zero-order chi connectivity index (χ0) is 24.1. The summed E-state index contributed by atoms with van der Waals surface area (Å²) in [6.45, 7) is 9.20. The summed E-state index contributed by atoms with van der Waals surface area (Å²) in [6.07, 6.45) is -3.83. The standard InChI is InChI=1S/C25H24F3N3O2/c1-14(21-17-9-5-6-10-19(17)29-12-18(21)25(26,27)28)30-20-11-7-8-16-13-31(23(32)22(16)20)15(2)24(3,4)33/h5-12,15,30,33H,1,13H2,2-4H3. The number of fused-ring (bicyclic) bond motifs is 2. The third kappa shape index (κ3) is 4.06. The average molecular weight is 455 g/mol. The topological polar surface area (TPSA) is 65.5 Å². The summed E-state index contributed by atoms with van der Waals surface area (Å²) in [6, 6.07) is 11.2. The number of halogens is 3. The minimum Gasteiger partial charge on any atom is -0.388 e. The fourth-order valence-electron chi connectivity index (χ4n) is 4.09. The molecule has 0 radical (unpaired) electrons. The molecule has 1 amide bonds. The van der Waals surface area contributed by atoms with E-state index in [4.69, 9.17) is 0 Å². The van der Waals surface area contributed by atoms with E-state index in [1.165, 1.54) is 0 Å². The Balaban J connectivity index is 1.76. The monoisotopic (exact) mass is 455 g/mol. The lowest BCUT2D eigenvalue weighted by molar-refractivity contribution is -0.137. The number of nitrogens with one attached hydrogen (secondary N) is 1. The summed E-state index contributed by atoms with van der Waals surface area (Å²) < 4.78 is 41.4. The van der Waals surface area contributed by atoms with Gasteiger partial charge in [-0.15, -0.1) is 0 Å². The molecule has 5 nitrogen and oxygen atoms in total. The lowest BCUT2D eigenvalue weighted by atomic mass is 9.99. The highest BCUT2D eigenvalue weighted by atomic mass is 19.4. The molecule has 0 fully saturated rings. The smallest absolute Gasteiger partial charge is 0.388 e. The highest BCUT2D eigenvalue weighted by molar-refractivity contribution is 6.05. The average Bonchev–Trinajstić information content (AvgIpc) is 3.08. The summed E-state index contributed by atoms with van der Waals surface area (Å²) in [4.78, 5) is 18.7. The molecule has 1 aliphatic heterocycles. The minimum atomic E-state index is -4.63. The van der Waals surface area contributed by atoms with Gasteiger partial charge in [-0.25, -0.2) is 0 Å². The number of alkyl halides is 3. The predicted octanol–water partition coefficient (Wildman–Crippen LogP) is 5.45. The first-order valence-corrected chi connectivity index (χ1v) is 10.5. The maximum atomic E-state index is 13.8. The van der Waals surface area contributed by atoms with Crippen molar-refractivity contribution in [1.82, 2.24) is 9.88 Å². The van der Waals surface area contributed by atoms with Gasteiger partial charge in [-0.2, -0.15) is 13.2 Å². The van der Waals surface area contributed by atoms with E-state index in [1.54, 1.807) is 68.1 Å². The molecule has 4 rings (SSSR count). The van der Waals surface area contributed by atoms with E-state index >= 15 is 0 Å². The zero-order valence-corrected chi connectivity index (χ0v) is 18.5. The summed E-state index contributed by atoms with van der Waals surface area (Å²) >= 11 is 0. The van der Waals surface area contributed by atoms with Crippen LogP contribution in [0.1, 0.15) is 47.8 Å². The Morgan fingerprint density at radius 2 is 1.88 bits per heavy atom. The van der Waals surface area contributed by atoms with Crippen molar-refractivity contribution in [2.24, 2.45) is 0 Å². The quantitative estimate of drug-likeness (QED) is 0.537. The van der Waals surface area contributed by atoms with E-state index in [0.29, 0.717) is 28.7 Å². The Labute approximate surface area is 189 Å². The van der Waals surface area contributed by atoms with E-state index in [9.17, 15) is 23.1 Å². The van der Waals surface area contributed by atoms with Crippen molar-refractivity contribution in [3.8, 4) is 0 Å². The molecule has 1 atom stereocenters. The van der Waals surface area contributed by atoms with Crippen LogP contribution in [-0.2, 0) is 12.7 Å². The number of pyridine rings is 1. The van der Waals surface area contributed by atoms with Crippen LogP contribution in [0.15, 0.2) is 55.2 Å². The molecule has 3 aromatic rings. The van der Waals surface area contributed by atoms with E-state index in [1.807, 2.05) is 0 Å². The van der Waals surface area contributed by atoms with Crippen LogP contribution < -0.4 is 5.32 Å². The molecule has 1 aromatic heterocycles. The fraction of sp³-hybridized carbons (Fsp3) is 0.280. The number of hydrogen-bond acceptors (Lipinski definition) is 4. The number of aliphatic hydroxyl groups is 1. The Hall–Kier alpha value is -3.39. The first kappa shape index (κ1) is 22.8. The molecule has 33 heavy (non-hydrogen) atoms. The number of benzene rings is 2. The van der Waals surface area contributed by atoms with Crippen LogP contribution in [0.25, 0.3) is 16.6 Å². The van der Waals surface area contributed by atoms with E-state index in [2.05, 4.69) is 16.9 Å². The number of hydrogen-bond donors (Lipinski definition) is 2. The molecule has 2 heterocycles. The third-order valence-electron chi connectivity index (χ3n) is 6.12. The van der Waals surface area contributed by atoms with E-state index in [-0.39, 0.29) is 17.2 Å². The number of aromatic nitrogens is 1. The van der Waals surface area contributed by atoms with Crippen molar-refractivity contribution < 1.29 is 23.1 Å². The summed E-state index contributed by atoms with van der Waals surface area (Å²) in [5.74, 6) is -0.300. The molecule has 8 heteroatoms. The number of nitrogens with zero attached hydrogens (tertiary/aromatic N) is 2. The number of carbonyl (C=O) groups is 1. The van der Waals surface area contributed by atoms with Crippen molar-refractivity contribution in [1.29, 1.82) is 0 Å². The molecule has 2 N–H and O–H groups in total. The Kier molecular flexibility index (Phi) is 5.44. The maximum absolute atomic E-state index is 13.8. The second-order valence-corrected chi connectivity index (χ2v) is 8.77. The van der Waals surface area contributed by atoms with Crippen molar-refractivity contribution in [2.75, 3.05) is 5.32 Å². The third-order valence-corrected chi connectivity index (χ3v) is 6.12. The number of amides is 1. The molecule has 0 saturated heterocycles. The molecule has 2 aromatic carbocycles. The normalized spacial score (nSPS) is 15.0. The van der Waals surface area contributed by atoms with Gasteiger partial charge in [-0.3, -0.25) is 9.78 Å². The largest absolute Gasteiger partial charge is 0.418 e. The van der Waals surface area contributed by atoms with Gasteiger partial charge in [0.2, 0.25) is 0 Å². The SMILES string of the molecule is C=C(Nc1cccc2c1C(=O)N(C(C)C(C)(C)O)C2)c1c(C(F)(F)F)cnc2ccccc12. The van der Waals surface area contributed by atoms with Crippen LogP contribution in [0.5, 0.6) is 0 Å². The van der Waals surface area contributed by atoms with Gasteiger partial charge in [0.05, 0.1) is 34.0 Å². The van der Waals surface area contributed by atoms with Crippen LogP contribution in [-0.4, -0.2) is 32.5 Å². The molecule has 0 aliphatic carbocycles. The molecular formula is C25H24F3N3O2. The summed E-state index contributed by atoms with van der Waals surface area (Å²) in [5, 5.41) is 13.6. The van der Waals surface area contributed by atoms with Gasteiger partial charge in [0.1, 0.15) is 0 Å². The van der Waals surface area contributed by atoms with Crippen molar-refractivity contribution in [2.45, 2.75) is 45.1 Å². The zero-order valence-electron chi connectivity index (χ0n) is 18.5. The van der Waals surface area contributed by atoms with E-state index in [0.717, 1.165) is 11.8 Å². The molecule has 0 saturated carbocycles. The fourth-order valence-corrected chi connectivity index (χ4v) is 4.09. The van der Waals surface area contributed by atoms with Crippen molar-refractivity contribution in [3.63, 3.8) is 0 Å². The minimum absolute atomic E-state index is 0.0103. The molecule has 0 spiro atoms. The molecule has 172 valence electrons. The summed E-state index contributed by atoms with van der Waals surface area (Å²) in [5.41, 5.74) is -0.271. The predicted molar refractivity (Wildman–Crippen MR) is 121 cm³/mol. The number of rotatable bonds is 5. The number of anilines is 1. The molecule has 1 unspecified atom stereocenters. The first-order valence-electron chi connectivity index (χ1n) is 10.5. The Morgan fingerprint density at radius 1 is 1.18 bits per heavy atom. The lowest BCUT2D eigenvalue weighted by Crippen LogP contribution is -2.47. The molecule has 0 bridgehead atoms. The highest BCUT2D eigenvalue weighted by Crippen LogP contribution is 2.39. The van der Waals surface area contributed by atoms with Gasteiger partial charge in [0, 0.05) is 29.4 Å². The van der Waals surface area contributed by atoms with Gasteiger partial charge in [0.25, 0.3) is 5.91 Å². The van der Waals surface area contributed by atoms with E-state index < -0.39 is 23.4 Å². The van der Waals surface area contributed by atoms with Gasteiger partial charge in [-0.05, 0) is 38.5 Å². The van der Waals surface area contributed by atoms with Gasteiger partial charge < -0.3 is 15.3 Å². The lowest BCUT2D eigenvalue weighted by Gasteiger charge is -2.33. The Morgan fingerprint density at radius 3 is 2.55 bits per heavy atom. The summed E-state index contributed by atoms with van der Waals surface area (Å²) in [7, 11) is 0.